The molecule has 3 rings (SSSR count). The van der Waals surface area contributed by atoms with E-state index in [0.29, 0.717) is 0 Å². The molecule has 4 heteroatoms. The lowest BCUT2D eigenvalue weighted by Gasteiger charge is -2.33. The molecule has 1 saturated carbocycles. The van der Waals surface area contributed by atoms with E-state index in [9.17, 15) is 0 Å². The van der Waals surface area contributed by atoms with E-state index in [1.165, 1.54) is 0 Å². The van der Waals surface area contributed by atoms with Gasteiger partial charge in [0.25, 0.3) is 0 Å². The van der Waals surface area contributed by atoms with Crippen LogP contribution < -0.4 is 5.73 Å². The first-order valence-corrected chi connectivity index (χ1v) is 6.94. The molecule has 0 unspecified atom stereocenters. The Bertz CT molecular complexity index is 538. The first-order valence-electron chi connectivity index (χ1n) is 6.94. The van der Waals surface area contributed by atoms with Crippen LogP contribution in [0.3, 0.4) is 0 Å². The van der Waals surface area contributed by atoms with Gasteiger partial charge in [0, 0.05) is 5.56 Å². The van der Waals surface area contributed by atoms with Crippen LogP contribution in [0.25, 0.3) is 11.4 Å². The van der Waals surface area contributed by atoms with E-state index in [4.69, 9.17) is 5.73 Å². The number of nitrogens with one attached hydrogen (secondary N) is 1. The van der Waals surface area contributed by atoms with Gasteiger partial charge in [0.15, 0.2) is 5.82 Å². The van der Waals surface area contributed by atoms with E-state index >= 15 is 0 Å². The first-order chi connectivity index (χ1) is 9.17. The number of hydrogen-bond donors (Lipinski definition) is 2. The van der Waals surface area contributed by atoms with Crippen LogP contribution in [0, 0.1) is 5.92 Å². The van der Waals surface area contributed by atoms with Gasteiger partial charge in [0.2, 0.25) is 0 Å². The van der Waals surface area contributed by atoms with Gasteiger partial charge in [0.05, 0.1) is 5.54 Å². The summed E-state index contributed by atoms with van der Waals surface area (Å²) >= 11 is 0. The number of aromatic nitrogens is 3. The van der Waals surface area contributed by atoms with Crippen molar-refractivity contribution in [1.29, 1.82) is 0 Å². The SMILES string of the molecule is CC1CCC(N)(c2nc(-c3ccccc3)n[nH]2)CC1. The van der Waals surface area contributed by atoms with E-state index in [-0.39, 0.29) is 5.54 Å². The number of hydrogen-bond acceptors (Lipinski definition) is 3. The zero-order valence-electron chi connectivity index (χ0n) is 11.3. The molecule has 1 aliphatic rings. The fraction of sp³-hybridized carbons (Fsp3) is 0.467. The van der Waals surface area contributed by atoms with Crippen molar-refractivity contribution in [2.75, 3.05) is 0 Å². The lowest BCUT2D eigenvalue weighted by Crippen LogP contribution is -2.41. The van der Waals surface area contributed by atoms with Crippen LogP contribution in [0.1, 0.15) is 38.4 Å². The highest BCUT2D eigenvalue weighted by Crippen LogP contribution is 2.36. The summed E-state index contributed by atoms with van der Waals surface area (Å²) in [5.74, 6) is 2.34. The molecule has 19 heavy (non-hydrogen) atoms. The molecule has 1 aliphatic carbocycles. The van der Waals surface area contributed by atoms with Crippen molar-refractivity contribution < 1.29 is 0 Å². The summed E-state index contributed by atoms with van der Waals surface area (Å²) in [7, 11) is 0. The van der Waals surface area contributed by atoms with E-state index in [0.717, 1.165) is 48.8 Å². The molecule has 0 saturated heterocycles. The highest BCUT2D eigenvalue weighted by atomic mass is 15.2. The molecule has 3 N–H and O–H groups in total. The predicted molar refractivity (Wildman–Crippen MR) is 75.3 cm³/mol. The second-order valence-corrected chi connectivity index (χ2v) is 5.71. The van der Waals surface area contributed by atoms with Gasteiger partial charge in [-0.25, -0.2) is 4.98 Å². The van der Waals surface area contributed by atoms with Crippen LogP contribution >= 0.6 is 0 Å². The largest absolute Gasteiger partial charge is 0.319 e. The number of aromatic amines is 1. The lowest BCUT2D eigenvalue weighted by atomic mass is 9.77. The Labute approximate surface area is 113 Å². The van der Waals surface area contributed by atoms with Crippen molar-refractivity contribution in [3.05, 3.63) is 36.2 Å². The van der Waals surface area contributed by atoms with Crippen molar-refractivity contribution in [3.8, 4) is 11.4 Å². The molecule has 100 valence electrons. The number of benzene rings is 1. The first kappa shape index (κ1) is 12.4. The Morgan fingerprint density at radius 3 is 2.58 bits per heavy atom. The van der Waals surface area contributed by atoms with Crippen molar-refractivity contribution in [2.24, 2.45) is 11.7 Å². The van der Waals surface area contributed by atoms with Gasteiger partial charge < -0.3 is 5.73 Å². The monoisotopic (exact) mass is 256 g/mol. The third kappa shape index (κ3) is 2.40. The molecule has 2 aromatic rings. The Morgan fingerprint density at radius 2 is 1.89 bits per heavy atom. The Hall–Kier alpha value is -1.68. The van der Waals surface area contributed by atoms with Gasteiger partial charge in [0.1, 0.15) is 5.82 Å². The number of H-pyrrole nitrogens is 1. The maximum absolute atomic E-state index is 6.50. The van der Waals surface area contributed by atoms with Crippen molar-refractivity contribution in [2.45, 2.75) is 38.1 Å². The highest BCUT2D eigenvalue weighted by molar-refractivity contribution is 5.54. The smallest absolute Gasteiger partial charge is 0.181 e. The van der Waals surface area contributed by atoms with Crippen LogP contribution in [0.4, 0.5) is 0 Å². The van der Waals surface area contributed by atoms with Crippen LogP contribution in [0.15, 0.2) is 30.3 Å². The van der Waals surface area contributed by atoms with Gasteiger partial charge in [-0.15, -0.1) is 0 Å². The summed E-state index contributed by atoms with van der Waals surface area (Å²) < 4.78 is 0. The number of rotatable bonds is 2. The summed E-state index contributed by atoms with van der Waals surface area (Å²) in [6, 6.07) is 10.00. The molecule has 1 heterocycles. The Kier molecular flexibility index (Phi) is 3.11. The fourth-order valence-electron chi connectivity index (χ4n) is 2.71. The second-order valence-electron chi connectivity index (χ2n) is 5.71. The minimum atomic E-state index is -0.327. The molecule has 0 aliphatic heterocycles. The zero-order valence-corrected chi connectivity index (χ0v) is 11.3. The number of nitrogens with two attached hydrogens (primary N) is 1. The van der Waals surface area contributed by atoms with Crippen molar-refractivity contribution >= 4 is 0 Å². The van der Waals surface area contributed by atoms with E-state index < -0.39 is 0 Å². The molecule has 1 aromatic heterocycles. The molecule has 0 radical (unpaired) electrons. The maximum atomic E-state index is 6.50. The standard InChI is InChI=1S/C15H20N4/c1-11-7-9-15(16,10-8-11)14-17-13(18-19-14)12-5-3-2-4-6-12/h2-6,11H,7-10,16H2,1H3,(H,17,18,19). The van der Waals surface area contributed by atoms with E-state index in [2.05, 4.69) is 22.1 Å². The summed E-state index contributed by atoms with van der Waals surface area (Å²) in [6.07, 6.45) is 4.30. The van der Waals surface area contributed by atoms with Gasteiger partial charge in [-0.2, -0.15) is 5.10 Å². The summed E-state index contributed by atoms with van der Waals surface area (Å²) in [5, 5.41) is 7.35. The zero-order chi connectivity index (χ0) is 13.3. The van der Waals surface area contributed by atoms with Crippen LogP contribution in [0.5, 0.6) is 0 Å². The van der Waals surface area contributed by atoms with Crippen molar-refractivity contribution in [3.63, 3.8) is 0 Å². The topological polar surface area (TPSA) is 67.6 Å². The average molecular weight is 256 g/mol. The van der Waals surface area contributed by atoms with Gasteiger partial charge in [-0.1, -0.05) is 37.3 Å². The van der Waals surface area contributed by atoms with E-state index in [1.807, 2.05) is 30.3 Å². The quantitative estimate of drug-likeness (QED) is 0.868. The molecule has 0 spiro atoms. The minimum absolute atomic E-state index is 0.327. The molecule has 4 nitrogen and oxygen atoms in total. The van der Waals surface area contributed by atoms with Gasteiger partial charge >= 0.3 is 0 Å². The fourth-order valence-corrected chi connectivity index (χ4v) is 2.71. The summed E-state index contributed by atoms with van der Waals surface area (Å²) in [4.78, 5) is 4.61. The van der Waals surface area contributed by atoms with Crippen LogP contribution in [0.2, 0.25) is 0 Å². The van der Waals surface area contributed by atoms with Crippen LogP contribution in [-0.4, -0.2) is 15.2 Å². The third-order valence-corrected chi connectivity index (χ3v) is 4.16. The molecule has 1 fully saturated rings. The molecular weight excluding hydrogens is 236 g/mol. The van der Waals surface area contributed by atoms with E-state index in [1.54, 1.807) is 0 Å². The van der Waals surface area contributed by atoms with Crippen LogP contribution in [-0.2, 0) is 5.54 Å². The Morgan fingerprint density at radius 1 is 1.21 bits per heavy atom. The Balaban J connectivity index is 1.85. The average Bonchev–Trinajstić information content (AvgIpc) is 2.94. The molecule has 0 bridgehead atoms. The molecular formula is C15H20N4. The van der Waals surface area contributed by atoms with Gasteiger partial charge in [-0.05, 0) is 31.6 Å². The normalized spacial score (nSPS) is 27.4. The summed E-state index contributed by atoms with van der Waals surface area (Å²) in [5.41, 5.74) is 7.20. The molecule has 0 amide bonds. The lowest BCUT2D eigenvalue weighted by molar-refractivity contribution is 0.237. The highest BCUT2D eigenvalue weighted by Gasteiger charge is 2.34. The van der Waals surface area contributed by atoms with Gasteiger partial charge in [-0.3, -0.25) is 5.10 Å². The minimum Gasteiger partial charge on any atom is -0.319 e. The predicted octanol–water partition coefficient (Wildman–Crippen LogP) is 2.84. The maximum Gasteiger partial charge on any atom is 0.181 e. The molecule has 1 aromatic carbocycles. The molecule has 0 atom stereocenters. The number of nitrogens with zero attached hydrogens (tertiary/aromatic N) is 2. The third-order valence-electron chi connectivity index (χ3n) is 4.16. The summed E-state index contributed by atoms with van der Waals surface area (Å²) in [6.45, 7) is 2.29. The van der Waals surface area contributed by atoms with Crippen molar-refractivity contribution in [1.82, 2.24) is 15.2 Å². The second kappa shape index (κ2) is 4.78.